The fraction of sp³-hybridized carbons (Fsp3) is 0.167. The highest BCUT2D eigenvalue weighted by Crippen LogP contribution is 2.24. The van der Waals surface area contributed by atoms with Crippen LogP contribution >= 0.6 is 0 Å². The van der Waals surface area contributed by atoms with Gasteiger partial charge in [-0.15, -0.1) is 0 Å². The quantitative estimate of drug-likeness (QED) is 0.638. The first-order chi connectivity index (χ1) is 11.5. The van der Waals surface area contributed by atoms with Gasteiger partial charge in [0.05, 0.1) is 12.0 Å². The second-order valence-corrected chi connectivity index (χ2v) is 5.73. The zero-order valence-corrected chi connectivity index (χ0v) is 13.1. The lowest BCUT2D eigenvalue weighted by atomic mass is 10.0. The van der Waals surface area contributed by atoms with E-state index in [1.54, 1.807) is 6.20 Å². The number of carbonyl (C=O) groups is 2. The predicted molar refractivity (Wildman–Crippen MR) is 91.4 cm³/mol. The summed E-state index contributed by atoms with van der Waals surface area (Å²) in [5.74, 6) is -1.08. The van der Waals surface area contributed by atoms with E-state index in [4.69, 9.17) is 11.5 Å². The van der Waals surface area contributed by atoms with Crippen molar-refractivity contribution in [3.05, 3.63) is 65.1 Å². The zero-order valence-electron chi connectivity index (χ0n) is 13.1. The summed E-state index contributed by atoms with van der Waals surface area (Å²) in [4.78, 5) is 30.1. The Morgan fingerprint density at radius 1 is 1.08 bits per heavy atom. The molecule has 0 atom stereocenters. The number of aryl methyl sites for hydroxylation is 2. The number of H-pyrrole nitrogens is 1. The van der Waals surface area contributed by atoms with Crippen molar-refractivity contribution in [3.63, 3.8) is 0 Å². The minimum Gasteiger partial charge on any atom is -0.369 e. The highest BCUT2D eigenvalue weighted by Gasteiger charge is 2.17. The van der Waals surface area contributed by atoms with E-state index in [1.807, 2.05) is 36.5 Å². The third-order valence-electron chi connectivity index (χ3n) is 3.96. The van der Waals surface area contributed by atoms with E-state index in [0.717, 1.165) is 29.5 Å². The van der Waals surface area contributed by atoms with Crippen molar-refractivity contribution in [2.24, 2.45) is 11.5 Å². The fourth-order valence-corrected chi connectivity index (χ4v) is 2.88. The maximum atomic E-state index is 11.7. The van der Waals surface area contributed by atoms with Crippen molar-refractivity contribution in [1.29, 1.82) is 0 Å². The van der Waals surface area contributed by atoms with Gasteiger partial charge < -0.3 is 16.5 Å². The molecule has 0 aliphatic carbocycles. The van der Waals surface area contributed by atoms with Crippen LogP contribution in [-0.4, -0.2) is 21.8 Å². The molecule has 0 aliphatic rings. The average molecular weight is 322 g/mol. The smallest absolute Gasteiger partial charge is 0.251 e. The van der Waals surface area contributed by atoms with Crippen LogP contribution in [0, 0.1) is 0 Å². The number of carbonyl (C=O) groups excluding carboxylic acids is 2. The first-order valence-electron chi connectivity index (χ1n) is 7.65. The summed E-state index contributed by atoms with van der Waals surface area (Å²) < 4.78 is 0. The lowest BCUT2D eigenvalue weighted by molar-refractivity contribution is -0.117. The summed E-state index contributed by atoms with van der Waals surface area (Å²) >= 11 is 0. The molecule has 3 aromatic rings. The van der Waals surface area contributed by atoms with Crippen LogP contribution in [0.5, 0.6) is 0 Å². The first-order valence-corrected chi connectivity index (χ1v) is 7.65. The molecule has 0 aliphatic heterocycles. The third-order valence-corrected chi connectivity index (χ3v) is 3.96. The number of aromatic amines is 1. The number of hydrogen-bond donors (Lipinski definition) is 3. The number of pyridine rings is 1. The van der Waals surface area contributed by atoms with Crippen molar-refractivity contribution in [3.8, 4) is 0 Å². The number of benzene rings is 1. The van der Waals surface area contributed by atoms with Gasteiger partial charge in [-0.25, -0.2) is 0 Å². The molecule has 0 spiro atoms. The minimum atomic E-state index is -0.569. The van der Waals surface area contributed by atoms with E-state index in [2.05, 4.69) is 9.97 Å². The van der Waals surface area contributed by atoms with Gasteiger partial charge in [0.15, 0.2) is 0 Å². The van der Waals surface area contributed by atoms with Crippen LogP contribution in [0.25, 0.3) is 10.9 Å². The zero-order chi connectivity index (χ0) is 17.1. The van der Waals surface area contributed by atoms with Gasteiger partial charge in [0.2, 0.25) is 5.91 Å². The fourth-order valence-electron chi connectivity index (χ4n) is 2.88. The largest absolute Gasteiger partial charge is 0.369 e. The SMILES string of the molecule is NC(=O)Cc1[nH]c2cc(CCc3cccnc3)ccc2c1C(N)=O. The number of nitrogens with two attached hydrogens (primary N) is 2. The van der Waals surface area contributed by atoms with Crippen LogP contribution in [0.3, 0.4) is 0 Å². The molecule has 5 N–H and O–H groups in total. The Kier molecular flexibility index (Phi) is 4.29. The predicted octanol–water partition coefficient (Wildman–Crippen LogP) is 1.47. The maximum absolute atomic E-state index is 11.7. The number of primary amides is 2. The van der Waals surface area contributed by atoms with Crippen LogP contribution < -0.4 is 11.5 Å². The molecule has 0 saturated heterocycles. The summed E-state index contributed by atoms with van der Waals surface area (Å²) in [6.45, 7) is 0. The average Bonchev–Trinajstić information content (AvgIpc) is 2.90. The lowest BCUT2D eigenvalue weighted by Gasteiger charge is -2.02. The van der Waals surface area contributed by atoms with Crippen LogP contribution in [0.4, 0.5) is 0 Å². The molecule has 3 rings (SSSR count). The molecule has 0 fully saturated rings. The van der Waals surface area contributed by atoms with Gasteiger partial charge in [-0.1, -0.05) is 18.2 Å². The molecule has 6 heteroatoms. The van der Waals surface area contributed by atoms with Crippen LogP contribution in [0.1, 0.15) is 27.2 Å². The molecular formula is C18H18N4O2. The first kappa shape index (κ1) is 15.7. The Balaban J connectivity index is 1.90. The van der Waals surface area contributed by atoms with Gasteiger partial charge in [-0.3, -0.25) is 14.6 Å². The lowest BCUT2D eigenvalue weighted by Crippen LogP contribution is -2.18. The van der Waals surface area contributed by atoms with Gasteiger partial charge >= 0.3 is 0 Å². The van der Waals surface area contributed by atoms with Gasteiger partial charge in [-0.2, -0.15) is 0 Å². The number of hydrogen-bond acceptors (Lipinski definition) is 3. The molecule has 24 heavy (non-hydrogen) atoms. The molecule has 1 aromatic carbocycles. The van der Waals surface area contributed by atoms with E-state index in [9.17, 15) is 9.59 Å². The highest BCUT2D eigenvalue weighted by molar-refractivity contribution is 6.08. The second kappa shape index (κ2) is 6.54. The van der Waals surface area contributed by atoms with Crippen molar-refractivity contribution in [1.82, 2.24) is 9.97 Å². The Morgan fingerprint density at radius 3 is 2.54 bits per heavy atom. The van der Waals surface area contributed by atoms with Crippen molar-refractivity contribution in [2.75, 3.05) is 0 Å². The normalized spacial score (nSPS) is 10.8. The maximum Gasteiger partial charge on any atom is 0.251 e. The van der Waals surface area contributed by atoms with Crippen LogP contribution in [0.15, 0.2) is 42.7 Å². The number of aromatic nitrogens is 2. The van der Waals surface area contributed by atoms with E-state index in [-0.39, 0.29) is 6.42 Å². The topological polar surface area (TPSA) is 115 Å². The van der Waals surface area contributed by atoms with Gasteiger partial charge in [0.1, 0.15) is 0 Å². The Hall–Kier alpha value is -3.15. The van der Waals surface area contributed by atoms with Crippen LogP contribution in [0.2, 0.25) is 0 Å². The molecule has 122 valence electrons. The van der Waals surface area contributed by atoms with E-state index < -0.39 is 11.8 Å². The van der Waals surface area contributed by atoms with Gasteiger partial charge in [0.25, 0.3) is 5.91 Å². The molecule has 0 bridgehead atoms. The summed E-state index contributed by atoms with van der Waals surface area (Å²) in [7, 11) is 0. The highest BCUT2D eigenvalue weighted by atomic mass is 16.1. The summed E-state index contributed by atoms with van der Waals surface area (Å²) in [6.07, 6.45) is 5.27. The Bertz CT molecular complexity index is 900. The number of rotatable bonds is 6. The number of amides is 2. The molecule has 0 saturated carbocycles. The second-order valence-electron chi connectivity index (χ2n) is 5.73. The summed E-state index contributed by atoms with van der Waals surface area (Å²) in [5, 5.41) is 0.712. The number of nitrogens with zero attached hydrogens (tertiary/aromatic N) is 1. The van der Waals surface area contributed by atoms with E-state index in [1.165, 1.54) is 0 Å². The number of fused-ring (bicyclic) bond motifs is 1. The molecule has 6 nitrogen and oxygen atoms in total. The molecule has 0 unspecified atom stereocenters. The molecular weight excluding hydrogens is 304 g/mol. The molecule has 0 radical (unpaired) electrons. The van der Waals surface area contributed by atoms with Crippen LogP contribution in [-0.2, 0) is 24.1 Å². The van der Waals surface area contributed by atoms with Crippen molar-refractivity contribution < 1.29 is 9.59 Å². The standard InChI is InChI=1S/C18H18N4O2/c19-16(23)9-15-17(18(20)24)13-6-5-11(8-14(13)22-15)3-4-12-2-1-7-21-10-12/h1-2,5-8,10,22H,3-4,9H2,(H2,19,23)(H2,20,24). The molecule has 2 aromatic heterocycles. The number of nitrogens with one attached hydrogen (secondary N) is 1. The Morgan fingerprint density at radius 2 is 1.88 bits per heavy atom. The summed E-state index contributed by atoms with van der Waals surface area (Å²) in [5.41, 5.74) is 14.6. The minimum absolute atomic E-state index is 0.0437. The summed E-state index contributed by atoms with van der Waals surface area (Å²) in [6, 6.07) is 9.75. The molecule has 2 heterocycles. The monoisotopic (exact) mass is 322 g/mol. The molecule has 2 amide bonds. The van der Waals surface area contributed by atoms with E-state index in [0.29, 0.717) is 16.6 Å². The van der Waals surface area contributed by atoms with E-state index >= 15 is 0 Å². The van der Waals surface area contributed by atoms with Crippen molar-refractivity contribution in [2.45, 2.75) is 19.3 Å². The van der Waals surface area contributed by atoms with Crippen molar-refractivity contribution >= 4 is 22.7 Å². The third kappa shape index (κ3) is 3.27. The Labute approximate surface area is 138 Å². The van der Waals surface area contributed by atoms with Gasteiger partial charge in [0, 0.05) is 29.0 Å². The van der Waals surface area contributed by atoms with Gasteiger partial charge in [-0.05, 0) is 36.1 Å².